The molecule has 0 aromatic carbocycles. The van der Waals surface area contributed by atoms with Crippen molar-refractivity contribution in [2.45, 2.75) is 52.2 Å². The third-order valence-electron chi connectivity index (χ3n) is 2.63. The highest BCUT2D eigenvalue weighted by Crippen LogP contribution is 2.20. The van der Waals surface area contributed by atoms with Crippen LogP contribution in [0.3, 0.4) is 0 Å². The summed E-state index contributed by atoms with van der Waals surface area (Å²) in [5.41, 5.74) is 0. The van der Waals surface area contributed by atoms with Crippen LogP contribution in [0.4, 0.5) is 0 Å². The SMILES string of the molecule is CCC(O)C(C)n1ccnc1C(C)C. The Morgan fingerprint density at radius 3 is 2.57 bits per heavy atom. The lowest BCUT2D eigenvalue weighted by molar-refractivity contribution is 0.115. The molecule has 0 spiro atoms. The summed E-state index contributed by atoms with van der Waals surface area (Å²) in [5.74, 6) is 1.45. The zero-order valence-electron chi connectivity index (χ0n) is 9.44. The molecular formula is C11H20N2O. The van der Waals surface area contributed by atoms with Crippen LogP contribution in [0.15, 0.2) is 12.4 Å². The molecule has 80 valence electrons. The Kier molecular flexibility index (Phi) is 3.69. The lowest BCUT2D eigenvalue weighted by atomic mass is 10.1. The number of hydrogen-bond donors (Lipinski definition) is 1. The molecule has 1 rings (SSSR count). The maximum atomic E-state index is 9.76. The Labute approximate surface area is 85.8 Å². The minimum absolute atomic E-state index is 0.111. The van der Waals surface area contributed by atoms with E-state index in [-0.39, 0.29) is 12.1 Å². The van der Waals surface area contributed by atoms with Crippen molar-refractivity contribution in [3.63, 3.8) is 0 Å². The van der Waals surface area contributed by atoms with E-state index >= 15 is 0 Å². The van der Waals surface area contributed by atoms with Crippen LogP contribution >= 0.6 is 0 Å². The van der Waals surface area contributed by atoms with Crippen molar-refractivity contribution < 1.29 is 5.11 Å². The van der Waals surface area contributed by atoms with Crippen LogP contribution in [0.2, 0.25) is 0 Å². The zero-order valence-corrected chi connectivity index (χ0v) is 9.44. The zero-order chi connectivity index (χ0) is 10.7. The predicted molar refractivity (Wildman–Crippen MR) is 57.3 cm³/mol. The third-order valence-corrected chi connectivity index (χ3v) is 2.63. The lowest BCUT2D eigenvalue weighted by Gasteiger charge is -2.22. The maximum Gasteiger partial charge on any atom is 0.111 e. The van der Waals surface area contributed by atoms with Crippen molar-refractivity contribution in [2.75, 3.05) is 0 Å². The van der Waals surface area contributed by atoms with E-state index in [1.165, 1.54) is 0 Å². The van der Waals surface area contributed by atoms with E-state index < -0.39 is 0 Å². The first-order chi connectivity index (χ1) is 6.57. The molecule has 2 unspecified atom stereocenters. The summed E-state index contributed by atoms with van der Waals surface area (Å²) < 4.78 is 2.07. The number of aliphatic hydroxyl groups is 1. The van der Waals surface area contributed by atoms with Gasteiger partial charge >= 0.3 is 0 Å². The summed E-state index contributed by atoms with van der Waals surface area (Å²) in [6.07, 6.45) is 4.23. The second kappa shape index (κ2) is 4.60. The molecule has 1 aromatic heterocycles. The van der Waals surface area contributed by atoms with Gasteiger partial charge in [0.25, 0.3) is 0 Å². The molecule has 1 heterocycles. The molecule has 1 N–H and O–H groups in total. The van der Waals surface area contributed by atoms with Gasteiger partial charge in [0.05, 0.1) is 12.1 Å². The minimum atomic E-state index is -0.290. The fraction of sp³-hybridized carbons (Fsp3) is 0.727. The largest absolute Gasteiger partial charge is 0.391 e. The number of aromatic nitrogens is 2. The molecule has 0 aliphatic heterocycles. The molecule has 0 bridgehead atoms. The number of imidazole rings is 1. The molecule has 0 amide bonds. The molecule has 0 saturated carbocycles. The van der Waals surface area contributed by atoms with Crippen LogP contribution in [0.1, 0.15) is 51.9 Å². The second-order valence-corrected chi connectivity index (χ2v) is 4.06. The fourth-order valence-corrected chi connectivity index (χ4v) is 1.64. The number of rotatable bonds is 4. The van der Waals surface area contributed by atoms with E-state index in [0.717, 1.165) is 12.2 Å². The van der Waals surface area contributed by atoms with Crippen molar-refractivity contribution in [3.05, 3.63) is 18.2 Å². The van der Waals surface area contributed by atoms with Crippen LogP contribution in [0.5, 0.6) is 0 Å². The number of hydrogen-bond acceptors (Lipinski definition) is 2. The van der Waals surface area contributed by atoms with Crippen molar-refractivity contribution in [3.8, 4) is 0 Å². The molecule has 14 heavy (non-hydrogen) atoms. The van der Waals surface area contributed by atoms with Gasteiger partial charge in [0.1, 0.15) is 5.82 Å². The van der Waals surface area contributed by atoms with Crippen LogP contribution in [-0.2, 0) is 0 Å². The van der Waals surface area contributed by atoms with Crippen molar-refractivity contribution in [1.82, 2.24) is 9.55 Å². The van der Waals surface area contributed by atoms with E-state index in [1.807, 2.05) is 20.0 Å². The summed E-state index contributed by atoms with van der Waals surface area (Å²) in [5, 5.41) is 9.76. The van der Waals surface area contributed by atoms with Gasteiger partial charge < -0.3 is 9.67 Å². The summed E-state index contributed by atoms with van der Waals surface area (Å²) in [7, 11) is 0. The molecule has 3 nitrogen and oxygen atoms in total. The van der Waals surface area contributed by atoms with E-state index in [9.17, 15) is 5.11 Å². The van der Waals surface area contributed by atoms with Crippen LogP contribution in [-0.4, -0.2) is 20.8 Å². The quantitative estimate of drug-likeness (QED) is 0.802. The molecule has 3 heteroatoms. The van der Waals surface area contributed by atoms with E-state index in [4.69, 9.17) is 0 Å². The van der Waals surface area contributed by atoms with E-state index in [1.54, 1.807) is 6.20 Å². The molecule has 0 aliphatic carbocycles. The molecular weight excluding hydrogens is 176 g/mol. The highest BCUT2D eigenvalue weighted by atomic mass is 16.3. The molecule has 2 atom stereocenters. The van der Waals surface area contributed by atoms with Gasteiger partial charge in [-0.15, -0.1) is 0 Å². The Bertz CT molecular complexity index is 281. The van der Waals surface area contributed by atoms with Gasteiger partial charge in [0, 0.05) is 18.3 Å². The minimum Gasteiger partial charge on any atom is -0.391 e. The van der Waals surface area contributed by atoms with Gasteiger partial charge in [-0.1, -0.05) is 20.8 Å². The Hall–Kier alpha value is -0.830. The van der Waals surface area contributed by atoms with Gasteiger partial charge in [-0.05, 0) is 13.3 Å². The van der Waals surface area contributed by atoms with Crippen molar-refractivity contribution in [1.29, 1.82) is 0 Å². The number of aliphatic hydroxyl groups excluding tert-OH is 1. The van der Waals surface area contributed by atoms with Crippen LogP contribution in [0.25, 0.3) is 0 Å². The standard InChI is InChI=1S/C11H20N2O/c1-5-10(14)9(4)13-7-6-12-11(13)8(2)3/h6-10,14H,5H2,1-4H3. The summed E-state index contributed by atoms with van der Waals surface area (Å²) in [6.45, 7) is 8.25. The first kappa shape index (κ1) is 11.2. The molecule has 0 radical (unpaired) electrons. The third kappa shape index (κ3) is 2.15. The molecule has 1 aromatic rings. The monoisotopic (exact) mass is 196 g/mol. The lowest BCUT2D eigenvalue weighted by Crippen LogP contribution is -2.22. The molecule has 0 saturated heterocycles. The van der Waals surface area contributed by atoms with E-state index in [2.05, 4.69) is 23.4 Å². The van der Waals surface area contributed by atoms with Gasteiger partial charge in [-0.25, -0.2) is 4.98 Å². The Morgan fingerprint density at radius 2 is 2.07 bits per heavy atom. The highest BCUT2D eigenvalue weighted by Gasteiger charge is 2.17. The normalized spacial score (nSPS) is 15.9. The van der Waals surface area contributed by atoms with Gasteiger partial charge in [0.2, 0.25) is 0 Å². The van der Waals surface area contributed by atoms with Crippen LogP contribution in [0, 0.1) is 0 Å². The van der Waals surface area contributed by atoms with Gasteiger partial charge in [-0.3, -0.25) is 0 Å². The molecule has 0 fully saturated rings. The first-order valence-electron chi connectivity index (χ1n) is 5.28. The fourth-order valence-electron chi connectivity index (χ4n) is 1.64. The van der Waals surface area contributed by atoms with Gasteiger partial charge in [0.15, 0.2) is 0 Å². The average Bonchev–Trinajstić information content (AvgIpc) is 2.63. The smallest absolute Gasteiger partial charge is 0.111 e. The molecule has 0 aliphatic rings. The predicted octanol–water partition coefficient (Wildman–Crippen LogP) is 2.34. The summed E-state index contributed by atoms with van der Waals surface area (Å²) in [4.78, 5) is 4.31. The Balaban J connectivity index is 2.89. The Morgan fingerprint density at radius 1 is 1.43 bits per heavy atom. The van der Waals surface area contributed by atoms with Crippen molar-refractivity contribution >= 4 is 0 Å². The van der Waals surface area contributed by atoms with Crippen molar-refractivity contribution in [2.24, 2.45) is 0 Å². The topological polar surface area (TPSA) is 38.0 Å². The summed E-state index contributed by atoms with van der Waals surface area (Å²) in [6, 6.07) is 0.111. The van der Waals surface area contributed by atoms with E-state index in [0.29, 0.717) is 5.92 Å². The highest BCUT2D eigenvalue weighted by molar-refractivity contribution is 5.00. The first-order valence-corrected chi connectivity index (χ1v) is 5.28. The average molecular weight is 196 g/mol. The maximum absolute atomic E-state index is 9.76. The summed E-state index contributed by atoms with van der Waals surface area (Å²) >= 11 is 0. The van der Waals surface area contributed by atoms with Crippen LogP contribution < -0.4 is 0 Å². The second-order valence-electron chi connectivity index (χ2n) is 4.06. The number of nitrogens with zero attached hydrogens (tertiary/aromatic N) is 2. The van der Waals surface area contributed by atoms with Gasteiger partial charge in [-0.2, -0.15) is 0 Å².